The van der Waals surface area contributed by atoms with Gasteiger partial charge in [0.25, 0.3) is 6.47 Å². The molecule has 6 nitrogen and oxygen atoms in total. The van der Waals surface area contributed by atoms with Crippen molar-refractivity contribution in [2.45, 2.75) is 12.8 Å². The van der Waals surface area contributed by atoms with Gasteiger partial charge in [0, 0.05) is 6.54 Å². The molecule has 0 saturated carbocycles. The minimum absolute atomic E-state index is 0.106. The fourth-order valence-electron chi connectivity index (χ4n) is 2.40. The lowest BCUT2D eigenvalue weighted by molar-refractivity contribution is -0.121. The first-order valence-electron chi connectivity index (χ1n) is 7.83. The monoisotopic (exact) mass is 343 g/mol. The molecule has 2 aromatic carbocycles. The lowest BCUT2D eigenvalue weighted by Crippen LogP contribution is -2.27. The van der Waals surface area contributed by atoms with Crippen molar-refractivity contribution in [3.63, 3.8) is 0 Å². The summed E-state index contributed by atoms with van der Waals surface area (Å²) in [6.45, 7) is 0.857. The van der Waals surface area contributed by atoms with Crippen LogP contribution < -0.4 is 19.5 Å². The molecule has 0 aromatic heterocycles. The Kier molecular flexibility index (Phi) is 6.83. The average Bonchev–Trinajstić information content (AvgIpc) is 2.62. The minimum Gasteiger partial charge on any atom is -0.497 e. The van der Waals surface area contributed by atoms with Crippen LogP contribution in [0.3, 0.4) is 0 Å². The molecule has 132 valence electrons. The van der Waals surface area contributed by atoms with Crippen LogP contribution in [0, 0.1) is 0 Å². The minimum atomic E-state index is -0.106. The average molecular weight is 343 g/mol. The molecular formula is C19H21NO5. The fraction of sp³-hybridized carbons (Fsp3) is 0.263. The molecule has 0 atom stereocenters. The molecule has 0 unspecified atom stereocenters. The SMILES string of the molecule is COc1cccc(CCNC(=O)Cc2ccc(OC)c(OC=O)c2)c1. The van der Waals surface area contributed by atoms with Crippen LogP contribution in [-0.4, -0.2) is 33.1 Å². The second-order valence-corrected chi connectivity index (χ2v) is 5.33. The van der Waals surface area contributed by atoms with Gasteiger partial charge in [-0.05, 0) is 41.8 Å². The summed E-state index contributed by atoms with van der Waals surface area (Å²) in [5.74, 6) is 1.42. The van der Waals surface area contributed by atoms with Crippen LogP contribution in [0.2, 0.25) is 0 Å². The molecule has 0 aliphatic carbocycles. The summed E-state index contributed by atoms with van der Waals surface area (Å²) in [6, 6.07) is 12.8. The third-order valence-electron chi connectivity index (χ3n) is 3.64. The number of benzene rings is 2. The Labute approximate surface area is 146 Å². The Morgan fingerprint density at radius 1 is 1.04 bits per heavy atom. The lowest BCUT2D eigenvalue weighted by atomic mass is 10.1. The third kappa shape index (κ3) is 5.53. The Bertz CT molecular complexity index is 730. The van der Waals surface area contributed by atoms with Crippen molar-refractivity contribution in [1.29, 1.82) is 0 Å². The van der Waals surface area contributed by atoms with E-state index in [4.69, 9.17) is 14.2 Å². The molecule has 0 spiro atoms. The maximum atomic E-state index is 12.1. The van der Waals surface area contributed by atoms with Crippen molar-refractivity contribution in [3.8, 4) is 17.2 Å². The van der Waals surface area contributed by atoms with Gasteiger partial charge in [-0.2, -0.15) is 0 Å². The van der Waals surface area contributed by atoms with Crippen molar-refractivity contribution in [1.82, 2.24) is 5.32 Å². The standard InChI is InChI=1S/C19H21NO5/c1-23-16-5-3-4-14(10-16)8-9-20-19(22)12-15-6-7-17(24-2)18(11-15)25-13-21/h3-7,10-11,13H,8-9,12H2,1-2H3,(H,20,22). The Balaban J connectivity index is 1.87. The predicted octanol–water partition coefficient (Wildman–Crippen LogP) is 2.14. The molecule has 6 heteroatoms. The van der Waals surface area contributed by atoms with Crippen LogP contribution >= 0.6 is 0 Å². The first-order chi connectivity index (χ1) is 12.2. The summed E-state index contributed by atoms with van der Waals surface area (Å²) >= 11 is 0. The number of rotatable bonds is 9. The van der Waals surface area contributed by atoms with Gasteiger partial charge in [-0.1, -0.05) is 18.2 Å². The smallest absolute Gasteiger partial charge is 0.298 e. The number of hydrogen-bond acceptors (Lipinski definition) is 5. The summed E-state index contributed by atoms with van der Waals surface area (Å²) in [7, 11) is 3.11. The van der Waals surface area contributed by atoms with Crippen molar-refractivity contribution in [3.05, 3.63) is 53.6 Å². The van der Waals surface area contributed by atoms with E-state index in [1.807, 2.05) is 24.3 Å². The van der Waals surface area contributed by atoms with Gasteiger partial charge in [0.15, 0.2) is 11.5 Å². The van der Waals surface area contributed by atoms with Gasteiger partial charge in [-0.25, -0.2) is 0 Å². The number of carbonyl (C=O) groups is 2. The highest BCUT2D eigenvalue weighted by atomic mass is 16.5. The molecule has 0 heterocycles. The highest BCUT2D eigenvalue weighted by molar-refractivity contribution is 5.78. The van der Waals surface area contributed by atoms with E-state index in [0.29, 0.717) is 30.9 Å². The molecule has 25 heavy (non-hydrogen) atoms. The number of ether oxygens (including phenoxy) is 3. The Hall–Kier alpha value is -3.02. The Morgan fingerprint density at radius 3 is 2.60 bits per heavy atom. The molecular weight excluding hydrogens is 322 g/mol. The number of amides is 1. The zero-order valence-electron chi connectivity index (χ0n) is 14.3. The highest BCUT2D eigenvalue weighted by Gasteiger charge is 2.09. The second-order valence-electron chi connectivity index (χ2n) is 5.33. The van der Waals surface area contributed by atoms with Crippen molar-refractivity contribution < 1.29 is 23.8 Å². The maximum absolute atomic E-state index is 12.1. The molecule has 2 aromatic rings. The van der Waals surface area contributed by atoms with Gasteiger partial charge >= 0.3 is 0 Å². The predicted molar refractivity (Wildman–Crippen MR) is 93.1 cm³/mol. The second kappa shape index (κ2) is 9.32. The zero-order chi connectivity index (χ0) is 18.1. The van der Waals surface area contributed by atoms with Crippen LogP contribution in [0.4, 0.5) is 0 Å². The van der Waals surface area contributed by atoms with E-state index >= 15 is 0 Å². The zero-order valence-corrected chi connectivity index (χ0v) is 14.3. The number of hydrogen-bond donors (Lipinski definition) is 1. The van der Waals surface area contributed by atoms with Gasteiger partial charge in [-0.3, -0.25) is 9.59 Å². The van der Waals surface area contributed by atoms with Crippen molar-refractivity contribution >= 4 is 12.4 Å². The highest BCUT2D eigenvalue weighted by Crippen LogP contribution is 2.27. The maximum Gasteiger partial charge on any atom is 0.298 e. The molecule has 0 saturated heterocycles. The van der Waals surface area contributed by atoms with E-state index in [1.165, 1.54) is 7.11 Å². The van der Waals surface area contributed by atoms with Crippen LogP contribution in [0.5, 0.6) is 17.2 Å². The van der Waals surface area contributed by atoms with Crippen molar-refractivity contribution in [2.24, 2.45) is 0 Å². The van der Waals surface area contributed by atoms with Crippen LogP contribution in [0.15, 0.2) is 42.5 Å². The van der Waals surface area contributed by atoms with E-state index in [0.717, 1.165) is 16.9 Å². The lowest BCUT2D eigenvalue weighted by Gasteiger charge is -2.09. The fourth-order valence-corrected chi connectivity index (χ4v) is 2.40. The molecule has 0 aliphatic heterocycles. The number of carbonyl (C=O) groups excluding carboxylic acids is 2. The quantitative estimate of drug-likeness (QED) is 0.706. The number of methoxy groups -OCH3 is 2. The normalized spacial score (nSPS) is 10.0. The summed E-state index contributed by atoms with van der Waals surface area (Å²) < 4.78 is 15.1. The van der Waals surface area contributed by atoms with Crippen molar-refractivity contribution in [2.75, 3.05) is 20.8 Å². The molecule has 0 fully saturated rings. The molecule has 1 amide bonds. The first-order valence-corrected chi connectivity index (χ1v) is 7.83. The first kappa shape index (κ1) is 18.3. The number of nitrogens with one attached hydrogen (secondary N) is 1. The molecule has 1 N–H and O–H groups in total. The largest absolute Gasteiger partial charge is 0.497 e. The van der Waals surface area contributed by atoms with Gasteiger partial charge in [0.05, 0.1) is 20.6 Å². The van der Waals surface area contributed by atoms with Gasteiger partial charge in [0.2, 0.25) is 5.91 Å². The topological polar surface area (TPSA) is 73.9 Å². The van der Waals surface area contributed by atoms with E-state index in [-0.39, 0.29) is 12.3 Å². The summed E-state index contributed by atoms with van der Waals surface area (Å²) in [4.78, 5) is 22.6. The molecule has 0 bridgehead atoms. The summed E-state index contributed by atoms with van der Waals surface area (Å²) in [6.07, 6.45) is 0.905. The summed E-state index contributed by atoms with van der Waals surface area (Å²) in [5, 5.41) is 2.88. The van der Waals surface area contributed by atoms with Crippen LogP contribution in [0.25, 0.3) is 0 Å². The molecule has 0 radical (unpaired) electrons. The van der Waals surface area contributed by atoms with Gasteiger partial charge in [-0.15, -0.1) is 0 Å². The third-order valence-corrected chi connectivity index (χ3v) is 3.64. The van der Waals surface area contributed by atoms with Crippen LogP contribution in [-0.2, 0) is 22.4 Å². The summed E-state index contributed by atoms with van der Waals surface area (Å²) in [5.41, 5.74) is 1.82. The Morgan fingerprint density at radius 2 is 1.88 bits per heavy atom. The molecule has 2 rings (SSSR count). The van der Waals surface area contributed by atoms with E-state index < -0.39 is 0 Å². The van der Waals surface area contributed by atoms with Gasteiger partial charge < -0.3 is 19.5 Å². The van der Waals surface area contributed by atoms with E-state index in [9.17, 15) is 9.59 Å². The van der Waals surface area contributed by atoms with Crippen LogP contribution in [0.1, 0.15) is 11.1 Å². The van der Waals surface area contributed by atoms with Gasteiger partial charge in [0.1, 0.15) is 5.75 Å². The molecule has 0 aliphatic rings. The van der Waals surface area contributed by atoms with E-state index in [2.05, 4.69) is 5.32 Å². The van der Waals surface area contributed by atoms with E-state index in [1.54, 1.807) is 25.3 Å².